The molecule has 0 bridgehead atoms. The molecule has 0 radical (unpaired) electrons. The zero-order chi connectivity index (χ0) is 15.4. The molecule has 1 aromatic heterocycles. The van der Waals surface area contributed by atoms with Gasteiger partial charge in [0.25, 0.3) is 5.95 Å². The number of ether oxygens (including phenoxy) is 1. The molecule has 1 aromatic carbocycles. The van der Waals surface area contributed by atoms with Crippen molar-refractivity contribution in [2.45, 2.75) is 6.92 Å². The number of hydrogen-bond acceptors (Lipinski definition) is 9. The van der Waals surface area contributed by atoms with Gasteiger partial charge in [-0.15, -0.1) is 0 Å². The summed E-state index contributed by atoms with van der Waals surface area (Å²) in [5, 5.41) is 34.7. The predicted molar refractivity (Wildman–Crippen MR) is 71.2 cm³/mol. The normalized spacial score (nSPS) is 10.9. The van der Waals surface area contributed by atoms with Crippen molar-refractivity contribution >= 4 is 17.9 Å². The van der Waals surface area contributed by atoms with Gasteiger partial charge in [-0.3, -0.25) is 10.1 Å². The number of phenols is 1. The first-order valence-electron chi connectivity index (χ1n) is 5.75. The fourth-order valence-electron chi connectivity index (χ4n) is 1.49. The van der Waals surface area contributed by atoms with Gasteiger partial charge in [-0.25, -0.2) is 0 Å². The molecule has 11 nitrogen and oxygen atoms in total. The molecular weight excluding hydrogens is 282 g/mol. The van der Waals surface area contributed by atoms with Gasteiger partial charge >= 0.3 is 5.69 Å². The van der Waals surface area contributed by atoms with Crippen LogP contribution in [0.4, 0.5) is 11.6 Å². The largest absolute Gasteiger partial charge is 0.500 e. The highest BCUT2D eigenvalue weighted by Gasteiger charge is 2.19. The van der Waals surface area contributed by atoms with Crippen LogP contribution in [-0.4, -0.2) is 43.2 Å². The maximum absolute atomic E-state index is 10.9. The van der Waals surface area contributed by atoms with Crippen LogP contribution in [0, 0.1) is 10.1 Å². The van der Waals surface area contributed by atoms with Crippen molar-refractivity contribution in [3.05, 3.63) is 27.8 Å². The van der Waals surface area contributed by atoms with Crippen LogP contribution >= 0.6 is 0 Å². The minimum absolute atomic E-state index is 0.0159. The zero-order valence-electron chi connectivity index (χ0n) is 10.9. The van der Waals surface area contributed by atoms with Crippen molar-refractivity contribution in [3.8, 4) is 11.5 Å². The second kappa shape index (κ2) is 5.81. The van der Waals surface area contributed by atoms with Gasteiger partial charge in [-0.1, -0.05) is 9.89 Å². The van der Waals surface area contributed by atoms with E-state index in [1.165, 1.54) is 12.3 Å². The van der Waals surface area contributed by atoms with E-state index in [4.69, 9.17) is 10.5 Å². The molecule has 1 heterocycles. The van der Waals surface area contributed by atoms with Gasteiger partial charge in [0.15, 0.2) is 5.75 Å². The summed E-state index contributed by atoms with van der Waals surface area (Å²) in [5.41, 5.74) is 5.25. The van der Waals surface area contributed by atoms with Gasteiger partial charge in [0, 0.05) is 11.6 Å². The molecule has 0 unspecified atom stereocenters. The number of phenolic OH excluding ortho intramolecular Hbond substituents is 1. The Morgan fingerprint density at radius 3 is 2.95 bits per heavy atom. The van der Waals surface area contributed by atoms with Crippen LogP contribution in [-0.2, 0) is 0 Å². The third-order valence-corrected chi connectivity index (χ3v) is 2.37. The molecule has 3 N–H and O–H groups in total. The van der Waals surface area contributed by atoms with Crippen LogP contribution in [0.2, 0.25) is 0 Å². The molecule has 11 heteroatoms. The standard InChI is InChI=1S/C10H11N7O4/c1-2-21-8-4-6(3-7(9(8)18)17(19)20)5-12-16-10(11)13-14-15-16/h3-5,18H,2H2,1H3,(H2,11,13,15)/b12-5-. The molecule has 21 heavy (non-hydrogen) atoms. The number of anilines is 1. The van der Waals surface area contributed by atoms with Crippen LogP contribution < -0.4 is 10.5 Å². The van der Waals surface area contributed by atoms with Crippen molar-refractivity contribution < 1.29 is 14.8 Å². The van der Waals surface area contributed by atoms with E-state index in [1.54, 1.807) is 6.92 Å². The Hall–Kier alpha value is -3.24. The van der Waals surface area contributed by atoms with E-state index < -0.39 is 16.4 Å². The Balaban J connectivity index is 2.41. The molecule has 0 fully saturated rings. The van der Waals surface area contributed by atoms with Gasteiger partial charge in [-0.05, 0) is 23.4 Å². The Bertz CT molecular complexity index is 697. The minimum Gasteiger partial charge on any atom is -0.500 e. The van der Waals surface area contributed by atoms with E-state index >= 15 is 0 Å². The van der Waals surface area contributed by atoms with Crippen LogP contribution in [0.15, 0.2) is 17.2 Å². The second-order valence-electron chi connectivity index (χ2n) is 3.75. The first-order valence-corrected chi connectivity index (χ1v) is 5.75. The second-order valence-corrected chi connectivity index (χ2v) is 3.75. The Morgan fingerprint density at radius 1 is 1.62 bits per heavy atom. The summed E-state index contributed by atoms with van der Waals surface area (Å²) < 4.78 is 5.14. The van der Waals surface area contributed by atoms with Crippen LogP contribution in [0.25, 0.3) is 0 Å². The smallest absolute Gasteiger partial charge is 0.315 e. The third-order valence-electron chi connectivity index (χ3n) is 2.37. The molecule has 0 aliphatic heterocycles. The SMILES string of the molecule is CCOc1cc(/C=N\n2nnnc2N)cc([N+](=O)[O-])c1O. The van der Waals surface area contributed by atoms with E-state index in [9.17, 15) is 15.2 Å². The maximum Gasteiger partial charge on any atom is 0.315 e. The lowest BCUT2D eigenvalue weighted by Crippen LogP contribution is -2.01. The van der Waals surface area contributed by atoms with E-state index in [2.05, 4.69) is 20.6 Å². The number of nitrogens with zero attached hydrogens (tertiary/aromatic N) is 6. The highest BCUT2D eigenvalue weighted by atomic mass is 16.6. The average molecular weight is 293 g/mol. The number of aromatic hydroxyl groups is 1. The van der Waals surface area contributed by atoms with Gasteiger partial charge < -0.3 is 15.6 Å². The Kier molecular flexibility index (Phi) is 3.92. The molecule has 0 amide bonds. The van der Waals surface area contributed by atoms with E-state index in [1.807, 2.05) is 0 Å². The number of hydrogen-bond donors (Lipinski definition) is 2. The topological polar surface area (TPSA) is 155 Å². The molecule has 0 saturated heterocycles. The molecule has 0 spiro atoms. The number of nitrogens with two attached hydrogens (primary N) is 1. The van der Waals surface area contributed by atoms with Crippen molar-refractivity contribution in [2.24, 2.45) is 5.10 Å². The zero-order valence-corrected chi connectivity index (χ0v) is 10.9. The minimum atomic E-state index is -0.722. The summed E-state index contributed by atoms with van der Waals surface area (Å²) in [6.07, 6.45) is 1.25. The Labute approximate surface area is 117 Å². The summed E-state index contributed by atoms with van der Waals surface area (Å²) in [5.74, 6) is -0.594. The summed E-state index contributed by atoms with van der Waals surface area (Å²) in [4.78, 5) is 11.1. The molecule has 0 saturated carbocycles. The number of benzene rings is 1. The Morgan fingerprint density at radius 2 is 2.38 bits per heavy atom. The van der Waals surface area contributed by atoms with Crippen molar-refractivity contribution in [1.82, 2.24) is 20.3 Å². The van der Waals surface area contributed by atoms with Gasteiger partial charge in [0.05, 0.1) is 17.7 Å². The van der Waals surface area contributed by atoms with Gasteiger partial charge in [-0.2, -0.15) is 5.10 Å². The van der Waals surface area contributed by atoms with Gasteiger partial charge in [0.2, 0.25) is 5.75 Å². The summed E-state index contributed by atoms with van der Waals surface area (Å²) in [6, 6.07) is 2.54. The molecule has 2 rings (SSSR count). The number of nitro benzene ring substituents is 1. The first-order chi connectivity index (χ1) is 10.0. The fourth-order valence-corrected chi connectivity index (χ4v) is 1.49. The average Bonchev–Trinajstić information content (AvgIpc) is 2.85. The molecule has 0 aliphatic rings. The lowest BCUT2D eigenvalue weighted by atomic mass is 10.2. The number of rotatable bonds is 5. The molecule has 0 atom stereocenters. The van der Waals surface area contributed by atoms with Crippen LogP contribution in [0.5, 0.6) is 11.5 Å². The van der Waals surface area contributed by atoms with Gasteiger partial charge in [0.1, 0.15) is 0 Å². The lowest BCUT2D eigenvalue weighted by Gasteiger charge is -2.07. The molecule has 0 aliphatic carbocycles. The highest BCUT2D eigenvalue weighted by Crippen LogP contribution is 2.36. The quantitative estimate of drug-likeness (QED) is 0.448. The number of nitrogen functional groups attached to an aromatic ring is 1. The van der Waals surface area contributed by atoms with Crippen molar-refractivity contribution in [1.29, 1.82) is 0 Å². The molecule has 110 valence electrons. The van der Waals surface area contributed by atoms with Crippen molar-refractivity contribution in [3.63, 3.8) is 0 Å². The lowest BCUT2D eigenvalue weighted by molar-refractivity contribution is -0.386. The van der Waals surface area contributed by atoms with Crippen LogP contribution in [0.3, 0.4) is 0 Å². The van der Waals surface area contributed by atoms with Crippen LogP contribution in [0.1, 0.15) is 12.5 Å². The predicted octanol–water partition coefficient (Wildman–Crippen LogP) is 0.150. The first kappa shape index (κ1) is 14.2. The maximum atomic E-state index is 10.9. The third kappa shape index (κ3) is 3.02. The molecular formula is C10H11N7O4. The fraction of sp³-hybridized carbons (Fsp3) is 0.200. The van der Waals surface area contributed by atoms with E-state index in [0.29, 0.717) is 5.56 Å². The molecule has 2 aromatic rings. The summed E-state index contributed by atoms with van der Waals surface area (Å²) >= 11 is 0. The summed E-state index contributed by atoms with van der Waals surface area (Å²) in [7, 11) is 0. The highest BCUT2D eigenvalue weighted by molar-refractivity contribution is 5.83. The number of aromatic nitrogens is 4. The monoisotopic (exact) mass is 293 g/mol. The van der Waals surface area contributed by atoms with Crippen molar-refractivity contribution in [2.75, 3.05) is 12.3 Å². The summed E-state index contributed by atoms with van der Waals surface area (Å²) in [6.45, 7) is 1.93. The number of tetrazole rings is 1. The van der Waals surface area contributed by atoms with E-state index in [0.717, 1.165) is 10.9 Å². The number of nitro groups is 1. The van der Waals surface area contributed by atoms with E-state index in [-0.39, 0.29) is 18.3 Å².